The van der Waals surface area contributed by atoms with E-state index in [4.69, 9.17) is 0 Å². The van der Waals surface area contributed by atoms with Crippen molar-refractivity contribution in [3.63, 3.8) is 0 Å². The summed E-state index contributed by atoms with van der Waals surface area (Å²) in [4.78, 5) is 2.44. The molecule has 0 unspecified atom stereocenters. The van der Waals surface area contributed by atoms with Gasteiger partial charge in [-0.2, -0.15) is 0 Å². The lowest BCUT2D eigenvalue weighted by atomic mass is 9.97. The van der Waals surface area contributed by atoms with Gasteiger partial charge in [-0.05, 0) is 34.6 Å². The van der Waals surface area contributed by atoms with Crippen molar-refractivity contribution in [2.75, 3.05) is 0 Å². The highest BCUT2D eigenvalue weighted by Crippen LogP contribution is 2.24. The standard InChI is InChI=1S/C26H29N/c1-22(2)18-26(25-16-10-5-11-17-25)21-27(19-23-12-6-3-7-13-23)20-24-14-8-4-9-15-24/h3-17,21-22H,18-20H2,1-2H3/b26-21+. The topological polar surface area (TPSA) is 3.24 Å². The Hall–Kier alpha value is -2.80. The van der Waals surface area contributed by atoms with E-state index in [0.29, 0.717) is 5.92 Å². The molecule has 0 aromatic heterocycles. The first-order valence-electron chi connectivity index (χ1n) is 9.78. The lowest BCUT2D eigenvalue weighted by Gasteiger charge is -2.24. The summed E-state index contributed by atoms with van der Waals surface area (Å²) in [5.74, 6) is 0.617. The maximum Gasteiger partial charge on any atom is 0.0427 e. The van der Waals surface area contributed by atoms with E-state index in [-0.39, 0.29) is 0 Å². The maximum absolute atomic E-state index is 2.44. The van der Waals surface area contributed by atoms with E-state index >= 15 is 0 Å². The van der Waals surface area contributed by atoms with Gasteiger partial charge >= 0.3 is 0 Å². The molecule has 0 bridgehead atoms. The Balaban J connectivity index is 1.92. The van der Waals surface area contributed by atoms with Gasteiger partial charge < -0.3 is 4.90 Å². The van der Waals surface area contributed by atoms with Crippen molar-refractivity contribution in [1.29, 1.82) is 0 Å². The summed E-state index contributed by atoms with van der Waals surface area (Å²) in [6.45, 7) is 6.39. The first-order chi connectivity index (χ1) is 13.2. The fourth-order valence-electron chi connectivity index (χ4n) is 3.34. The van der Waals surface area contributed by atoms with Crippen molar-refractivity contribution in [2.24, 2.45) is 5.92 Å². The highest BCUT2D eigenvalue weighted by atomic mass is 15.1. The summed E-state index contributed by atoms with van der Waals surface area (Å²) in [7, 11) is 0. The molecule has 0 amide bonds. The van der Waals surface area contributed by atoms with E-state index in [1.807, 2.05) is 0 Å². The second-order valence-corrected chi connectivity index (χ2v) is 7.49. The van der Waals surface area contributed by atoms with Gasteiger partial charge in [0.05, 0.1) is 0 Å². The Kier molecular flexibility index (Phi) is 6.87. The van der Waals surface area contributed by atoms with Gasteiger partial charge in [0.15, 0.2) is 0 Å². The first-order valence-corrected chi connectivity index (χ1v) is 9.78. The smallest absolute Gasteiger partial charge is 0.0427 e. The van der Waals surface area contributed by atoms with Crippen LogP contribution < -0.4 is 0 Å². The van der Waals surface area contributed by atoms with Crippen LogP contribution in [-0.2, 0) is 13.1 Å². The fourth-order valence-corrected chi connectivity index (χ4v) is 3.34. The number of rotatable bonds is 8. The fraction of sp³-hybridized carbons (Fsp3) is 0.231. The Morgan fingerprint density at radius 3 is 1.59 bits per heavy atom. The summed E-state index contributed by atoms with van der Waals surface area (Å²) in [6, 6.07) is 32.2. The molecule has 0 heterocycles. The van der Waals surface area contributed by atoms with Crippen LogP contribution in [0.5, 0.6) is 0 Å². The highest BCUT2D eigenvalue weighted by Gasteiger charge is 2.09. The number of hydrogen-bond acceptors (Lipinski definition) is 1. The molecule has 3 aromatic rings. The zero-order valence-corrected chi connectivity index (χ0v) is 16.4. The van der Waals surface area contributed by atoms with Crippen LogP contribution in [0, 0.1) is 5.92 Å². The van der Waals surface area contributed by atoms with Crippen molar-refractivity contribution in [3.8, 4) is 0 Å². The van der Waals surface area contributed by atoms with Crippen LogP contribution in [0.3, 0.4) is 0 Å². The molecule has 3 aromatic carbocycles. The van der Waals surface area contributed by atoms with Gasteiger partial charge in [-0.25, -0.2) is 0 Å². The van der Waals surface area contributed by atoms with Gasteiger partial charge in [0.2, 0.25) is 0 Å². The van der Waals surface area contributed by atoms with Gasteiger partial charge in [0.25, 0.3) is 0 Å². The van der Waals surface area contributed by atoms with Crippen molar-refractivity contribution in [3.05, 3.63) is 114 Å². The van der Waals surface area contributed by atoms with Crippen LogP contribution in [0.4, 0.5) is 0 Å². The molecule has 0 fully saturated rings. The Morgan fingerprint density at radius 1 is 0.704 bits per heavy atom. The average molecular weight is 356 g/mol. The Labute approximate surface area is 164 Å². The van der Waals surface area contributed by atoms with Gasteiger partial charge in [-0.3, -0.25) is 0 Å². The van der Waals surface area contributed by atoms with E-state index in [0.717, 1.165) is 19.5 Å². The third-order valence-electron chi connectivity index (χ3n) is 4.57. The van der Waals surface area contributed by atoms with Crippen molar-refractivity contribution in [1.82, 2.24) is 4.90 Å². The van der Waals surface area contributed by atoms with Crippen LogP contribution in [0.15, 0.2) is 97.2 Å². The van der Waals surface area contributed by atoms with E-state index in [2.05, 4.69) is 116 Å². The molecule has 1 nitrogen and oxygen atoms in total. The minimum atomic E-state index is 0.617. The molecule has 0 atom stereocenters. The average Bonchev–Trinajstić information content (AvgIpc) is 2.69. The van der Waals surface area contributed by atoms with Crippen LogP contribution in [0.25, 0.3) is 5.57 Å². The third kappa shape index (κ3) is 6.14. The molecule has 0 N–H and O–H groups in total. The molecule has 0 radical (unpaired) electrons. The van der Waals surface area contributed by atoms with Gasteiger partial charge in [-0.1, -0.05) is 105 Å². The molecule has 0 spiro atoms. The quantitative estimate of drug-likeness (QED) is 0.430. The van der Waals surface area contributed by atoms with Crippen molar-refractivity contribution in [2.45, 2.75) is 33.4 Å². The second kappa shape index (κ2) is 9.78. The number of nitrogens with zero attached hydrogens (tertiary/aromatic N) is 1. The molecular weight excluding hydrogens is 326 g/mol. The lowest BCUT2D eigenvalue weighted by Crippen LogP contribution is -2.17. The van der Waals surface area contributed by atoms with Crippen LogP contribution in [0.1, 0.15) is 37.0 Å². The largest absolute Gasteiger partial charge is 0.369 e. The number of allylic oxidation sites excluding steroid dienone is 1. The van der Waals surface area contributed by atoms with Crippen LogP contribution in [0.2, 0.25) is 0 Å². The molecule has 0 aliphatic heterocycles. The van der Waals surface area contributed by atoms with Gasteiger partial charge in [0.1, 0.15) is 0 Å². The zero-order valence-electron chi connectivity index (χ0n) is 16.4. The third-order valence-corrected chi connectivity index (χ3v) is 4.57. The van der Waals surface area contributed by atoms with Crippen molar-refractivity contribution >= 4 is 5.57 Å². The van der Waals surface area contributed by atoms with E-state index in [1.165, 1.54) is 22.3 Å². The van der Waals surface area contributed by atoms with Crippen molar-refractivity contribution < 1.29 is 0 Å². The molecule has 0 saturated carbocycles. The van der Waals surface area contributed by atoms with Gasteiger partial charge in [-0.15, -0.1) is 0 Å². The summed E-state index contributed by atoms with van der Waals surface area (Å²) in [6.07, 6.45) is 3.44. The molecule has 0 aliphatic carbocycles. The molecule has 0 aliphatic rings. The molecule has 27 heavy (non-hydrogen) atoms. The van der Waals surface area contributed by atoms with Crippen LogP contribution in [-0.4, -0.2) is 4.90 Å². The van der Waals surface area contributed by atoms with Crippen LogP contribution >= 0.6 is 0 Å². The molecule has 1 heteroatoms. The predicted molar refractivity (Wildman–Crippen MR) is 116 cm³/mol. The molecular formula is C26H29N. The maximum atomic E-state index is 2.44. The summed E-state index contributed by atoms with van der Waals surface area (Å²) in [5.41, 5.74) is 5.39. The monoisotopic (exact) mass is 355 g/mol. The minimum absolute atomic E-state index is 0.617. The highest BCUT2D eigenvalue weighted by molar-refractivity contribution is 5.65. The normalized spacial score (nSPS) is 11.6. The predicted octanol–water partition coefficient (Wildman–Crippen LogP) is 6.78. The summed E-state index contributed by atoms with van der Waals surface area (Å²) in [5, 5.41) is 0. The minimum Gasteiger partial charge on any atom is -0.369 e. The summed E-state index contributed by atoms with van der Waals surface area (Å²) >= 11 is 0. The zero-order chi connectivity index (χ0) is 18.9. The SMILES string of the molecule is CC(C)C/C(=C\N(Cc1ccccc1)Cc1ccccc1)c1ccccc1. The van der Waals surface area contributed by atoms with E-state index in [9.17, 15) is 0 Å². The van der Waals surface area contributed by atoms with E-state index < -0.39 is 0 Å². The Morgan fingerprint density at radius 2 is 1.15 bits per heavy atom. The molecule has 138 valence electrons. The second-order valence-electron chi connectivity index (χ2n) is 7.49. The molecule has 3 rings (SSSR count). The lowest BCUT2D eigenvalue weighted by molar-refractivity contribution is 0.362. The van der Waals surface area contributed by atoms with Gasteiger partial charge in [0, 0.05) is 19.3 Å². The molecule has 0 saturated heterocycles. The van der Waals surface area contributed by atoms with E-state index in [1.54, 1.807) is 0 Å². The summed E-state index contributed by atoms with van der Waals surface area (Å²) < 4.78 is 0. The Bertz CT molecular complexity index is 778. The number of benzene rings is 3. The first kappa shape index (κ1) is 19.0. The number of hydrogen-bond donors (Lipinski definition) is 0.